The van der Waals surface area contributed by atoms with Crippen molar-refractivity contribution in [2.75, 3.05) is 31.6 Å². The molecule has 4 fully saturated rings. The smallest absolute Gasteiger partial charge is 0.254 e. The molecule has 236 valence electrons. The van der Waals surface area contributed by atoms with Gasteiger partial charge in [-0.05, 0) is 92.0 Å². The van der Waals surface area contributed by atoms with Crippen molar-refractivity contribution < 1.29 is 9.53 Å². The minimum atomic E-state index is 0.0164. The first-order valence-corrected chi connectivity index (χ1v) is 16.7. The number of methoxy groups -OCH3 is 1. The number of nitrogens with two attached hydrogens (primary N) is 1. The van der Waals surface area contributed by atoms with Crippen molar-refractivity contribution in [2.24, 2.45) is 24.6 Å². The van der Waals surface area contributed by atoms with Crippen LogP contribution in [0, 0.1) is 11.8 Å². The van der Waals surface area contributed by atoms with Gasteiger partial charge in [0.15, 0.2) is 5.82 Å². The molecule has 4 aromatic heterocycles. The van der Waals surface area contributed by atoms with Crippen LogP contribution < -0.4 is 15.4 Å². The molecule has 6 heterocycles. The fraction of sp³-hybridized carbons (Fsp3) is 0.444. The first-order chi connectivity index (χ1) is 22.5. The van der Waals surface area contributed by atoms with Gasteiger partial charge in [-0.2, -0.15) is 0 Å². The summed E-state index contributed by atoms with van der Waals surface area (Å²) in [5.41, 5.74) is 12.1. The van der Waals surface area contributed by atoms with E-state index in [1.807, 2.05) is 36.5 Å². The summed E-state index contributed by atoms with van der Waals surface area (Å²) < 4.78 is 10.4. The van der Waals surface area contributed by atoms with E-state index in [2.05, 4.69) is 49.3 Å². The van der Waals surface area contributed by atoms with Gasteiger partial charge in [-0.3, -0.25) is 9.78 Å². The van der Waals surface area contributed by atoms with Gasteiger partial charge < -0.3 is 29.4 Å². The zero-order chi connectivity index (χ0) is 31.1. The summed E-state index contributed by atoms with van der Waals surface area (Å²) in [6, 6.07) is 14.9. The van der Waals surface area contributed by atoms with E-state index in [0.29, 0.717) is 29.1 Å². The number of hydrogen-bond acceptors (Lipinski definition) is 7. The van der Waals surface area contributed by atoms with Gasteiger partial charge in [-0.15, -0.1) is 0 Å². The Kier molecular flexibility index (Phi) is 6.39. The largest absolute Gasteiger partial charge is 0.494 e. The summed E-state index contributed by atoms with van der Waals surface area (Å²) >= 11 is 0. The van der Waals surface area contributed by atoms with E-state index in [0.717, 1.165) is 84.8 Å². The topological polar surface area (TPSA) is 107 Å². The predicted molar refractivity (Wildman–Crippen MR) is 178 cm³/mol. The second-order valence-corrected chi connectivity index (χ2v) is 13.9. The van der Waals surface area contributed by atoms with Crippen LogP contribution in [0.2, 0.25) is 0 Å². The second-order valence-electron chi connectivity index (χ2n) is 13.9. The summed E-state index contributed by atoms with van der Waals surface area (Å²) in [5.74, 6) is 4.07. The lowest BCUT2D eigenvalue weighted by atomic mass is 10.00. The molecule has 2 saturated heterocycles. The lowest BCUT2D eigenvalue weighted by molar-refractivity contribution is 0.0700. The highest BCUT2D eigenvalue weighted by molar-refractivity contribution is 6.00. The SMILES string of the molecule is COc1cc(C(=O)N2CC3CCC2[C@@H]3N)cc2nc(-c3cc4ccc(N5CCC(c6ccncc6)C5)nc4n3CC3CC3)n(C)c12. The molecule has 9 rings (SSSR count). The summed E-state index contributed by atoms with van der Waals surface area (Å²) in [4.78, 5) is 32.8. The fourth-order valence-electron chi connectivity index (χ4n) is 8.36. The van der Waals surface area contributed by atoms with Crippen molar-refractivity contribution in [3.05, 3.63) is 66.0 Å². The summed E-state index contributed by atoms with van der Waals surface area (Å²) in [6.07, 6.45) is 9.44. The molecule has 46 heavy (non-hydrogen) atoms. The van der Waals surface area contributed by atoms with Crippen molar-refractivity contribution in [2.45, 2.75) is 56.7 Å². The normalized spacial score (nSPS) is 24.2. The third-order valence-electron chi connectivity index (χ3n) is 11.1. The average molecular weight is 617 g/mol. The third kappa shape index (κ3) is 4.40. The van der Waals surface area contributed by atoms with Crippen molar-refractivity contribution in [3.8, 4) is 17.3 Å². The first-order valence-electron chi connectivity index (χ1n) is 16.7. The van der Waals surface area contributed by atoms with Gasteiger partial charge in [0.25, 0.3) is 5.91 Å². The number of benzene rings is 1. The Morgan fingerprint density at radius 3 is 2.59 bits per heavy atom. The molecule has 4 atom stereocenters. The van der Waals surface area contributed by atoms with Crippen LogP contribution in [0.5, 0.6) is 5.75 Å². The van der Waals surface area contributed by atoms with Crippen LogP contribution in [-0.4, -0.2) is 73.7 Å². The van der Waals surface area contributed by atoms with E-state index in [4.69, 9.17) is 20.4 Å². The molecular formula is C36H40N8O2. The minimum absolute atomic E-state index is 0.0164. The van der Waals surface area contributed by atoms with Gasteiger partial charge in [-0.25, -0.2) is 9.97 Å². The molecule has 2 bridgehead atoms. The number of imidazole rings is 1. The molecule has 0 spiro atoms. The number of rotatable bonds is 7. The quantitative estimate of drug-likeness (QED) is 0.276. The second kappa shape index (κ2) is 10.6. The van der Waals surface area contributed by atoms with Crippen LogP contribution in [0.3, 0.4) is 0 Å². The maximum atomic E-state index is 13.8. The number of aryl methyl sites for hydroxylation is 1. The zero-order valence-electron chi connectivity index (χ0n) is 26.5. The van der Waals surface area contributed by atoms with E-state index >= 15 is 0 Å². The van der Waals surface area contributed by atoms with E-state index < -0.39 is 0 Å². The molecule has 5 aromatic rings. The van der Waals surface area contributed by atoms with Crippen LogP contribution in [-0.2, 0) is 13.6 Å². The highest BCUT2D eigenvalue weighted by Crippen LogP contribution is 2.40. The van der Waals surface area contributed by atoms with E-state index in [-0.39, 0.29) is 18.0 Å². The number of aromatic nitrogens is 5. The van der Waals surface area contributed by atoms with E-state index in [1.54, 1.807) is 7.11 Å². The van der Waals surface area contributed by atoms with Gasteiger partial charge in [-0.1, -0.05) is 0 Å². The number of pyridine rings is 2. The number of carbonyl (C=O) groups excluding carboxylic acids is 1. The van der Waals surface area contributed by atoms with E-state index in [9.17, 15) is 4.79 Å². The lowest BCUT2D eigenvalue weighted by Gasteiger charge is -2.27. The summed E-state index contributed by atoms with van der Waals surface area (Å²) in [6.45, 7) is 3.58. The molecule has 4 aliphatic rings. The fourth-order valence-corrected chi connectivity index (χ4v) is 8.36. The van der Waals surface area contributed by atoms with E-state index in [1.165, 1.54) is 18.4 Å². The number of amides is 1. The summed E-state index contributed by atoms with van der Waals surface area (Å²) in [5, 5.41) is 1.11. The number of fused-ring (bicyclic) bond motifs is 4. The van der Waals surface area contributed by atoms with Crippen LogP contribution in [0.15, 0.2) is 54.9 Å². The highest BCUT2D eigenvalue weighted by Gasteiger charge is 2.47. The molecule has 10 heteroatoms. The first kappa shape index (κ1) is 27.8. The predicted octanol–water partition coefficient (Wildman–Crippen LogP) is 4.96. The van der Waals surface area contributed by atoms with Crippen LogP contribution in [0.25, 0.3) is 33.6 Å². The zero-order valence-corrected chi connectivity index (χ0v) is 26.5. The molecule has 1 amide bonds. The number of likely N-dealkylation sites (tertiary alicyclic amines) is 1. The number of nitrogens with zero attached hydrogens (tertiary/aromatic N) is 7. The number of hydrogen-bond donors (Lipinski definition) is 1. The maximum Gasteiger partial charge on any atom is 0.254 e. The van der Waals surface area contributed by atoms with Gasteiger partial charge in [0.1, 0.15) is 22.7 Å². The summed E-state index contributed by atoms with van der Waals surface area (Å²) in [7, 11) is 3.70. The lowest BCUT2D eigenvalue weighted by Crippen LogP contribution is -2.41. The number of anilines is 1. The minimum Gasteiger partial charge on any atom is -0.494 e. The average Bonchev–Trinajstić information content (AvgIpc) is 3.40. The molecule has 2 aliphatic carbocycles. The van der Waals surface area contributed by atoms with Gasteiger partial charge in [0.2, 0.25) is 0 Å². The molecule has 2 N–H and O–H groups in total. The van der Waals surface area contributed by atoms with Crippen molar-refractivity contribution in [1.82, 2.24) is 29.0 Å². The molecule has 2 saturated carbocycles. The number of ether oxygens (including phenoxy) is 1. The van der Waals surface area contributed by atoms with Crippen molar-refractivity contribution >= 4 is 33.8 Å². The van der Waals surface area contributed by atoms with Gasteiger partial charge >= 0.3 is 0 Å². The highest BCUT2D eigenvalue weighted by atomic mass is 16.5. The van der Waals surface area contributed by atoms with Crippen LogP contribution in [0.1, 0.15) is 53.9 Å². The molecule has 1 aromatic carbocycles. The molecule has 2 aliphatic heterocycles. The Morgan fingerprint density at radius 2 is 1.85 bits per heavy atom. The maximum absolute atomic E-state index is 13.8. The number of piperidine rings is 1. The Bertz CT molecular complexity index is 1980. The molecule has 0 radical (unpaired) electrons. The molecule has 10 nitrogen and oxygen atoms in total. The molecule has 3 unspecified atom stereocenters. The Balaban J connectivity index is 1.09. The third-order valence-corrected chi connectivity index (χ3v) is 11.1. The Morgan fingerprint density at radius 1 is 1.00 bits per heavy atom. The number of carbonyl (C=O) groups is 1. The van der Waals surface area contributed by atoms with Crippen molar-refractivity contribution in [1.29, 1.82) is 0 Å². The van der Waals surface area contributed by atoms with Crippen LogP contribution >= 0.6 is 0 Å². The Labute approximate surface area is 268 Å². The Hall–Kier alpha value is -4.44. The molecular weight excluding hydrogens is 576 g/mol. The monoisotopic (exact) mass is 616 g/mol. The van der Waals surface area contributed by atoms with Crippen molar-refractivity contribution in [3.63, 3.8) is 0 Å². The van der Waals surface area contributed by atoms with Crippen LogP contribution in [0.4, 0.5) is 5.82 Å². The standard InChI is InChI=1S/C36H40N8O2/c1-41-33-27(15-26(17-30(33)46-2)36(45)44-20-25-5-7-28(44)32(25)37)39-35(41)29-16-23-6-8-31(40-34(23)43(29)18-21-3-4-21)42-14-11-24(19-42)22-9-12-38-13-10-22/h6,8-10,12-13,15-17,21,24-25,28,32H,3-5,7,11,14,18-20,37H2,1-2H3/t24?,25?,28?,32-/m1/s1. The van der Waals surface area contributed by atoms with Gasteiger partial charge in [0, 0.05) is 74.6 Å². The van der Waals surface area contributed by atoms with Gasteiger partial charge in [0.05, 0.1) is 18.3 Å².